The third-order valence-corrected chi connectivity index (χ3v) is 2.77. The molecule has 4 nitrogen and oxygen atoms in total. The maximum Gasteiger partial charge on any atom is 0.257 e. The van der Waals surface area contributed by atoms with Crippen LogP contribution >= 0.6 is 0 Å². The summed E-state index contributed by atoms with van der Waals surface area (Å²) in [7, 11) is 0. The van der Waals surface area contributed by atoms with Crippen LogP contribution in [-0.2, 0) is 0 Å². The van der Waals surface area contributed by atoms with Gasteiger partial charge in [0.25, 0.3) is 5.91 Å². The smallest absolute Gasteiger partial charge is 0.257 e. The molecular formula is C15H13N3O. The van der Waals surface area contributed by atoms with E-state index >= 15 is 0 Å². The molecule has 0 spiro atoms. The molecule has 0 bridgehead atoms. The van der Waals surface area contributed by atoms with E-state index in [2.05, 4.69) is 16.4 Å². The lowest BCUT2D eigenvalue weighted by atomic mass is 10.1. The summed E-state index contributed by atoms with van der Waals surface area (Å²) in [6, 6.07) is 9.21. The number of carbonyl (C=O) groups excluding carboxylic acids is 1. The van der Waals surface area contributed by atoms with Crippen LogP contribution in [0.15, 0.2) is 36.7 Å². The molecule has 0 aliphatic carbocycles. The molecule has 4 heteroatoms. The Balaban J connectivity index is 2.30. The van der Waals surface area contributed by atoms with Gasteiger partial charge in [0.15, 0.2) is 0 Å². The molecule has 0 saturated carbocycles. The van der Waals surface area contributed by atoms with Gasteiger partial charge in [-0.15, -0.1) is 0 Å². The Morgan fingerprint density at radius 1 is 1.32 bits per heavy atom. The van der Waals surface area contributed by atoms with Gasteiger partial charge in [-0.1, -0.05) is 12.1 Å². The van der Waals surface area contributed by atoms with Gasteiger partial charge < -0.3 is 5.32 Å². The maximum atomic E-state index is 12.1. The molecule has 1 amide bonds. The molecule has 1 N–H and O–H groups in total. The number of rotatable bonds is 2. The molecule has 2 rings (SSSR count). The molecule has 0 fully saturated rings. The van der Waals surface area contributed by atoms with Crippen molar-refractivity contribution in [3.8, 4) is 6.07 Å². The number of amides is 1. The van der Waals surface area contributed by atoms with Gasteiger partial charge in [0.2, 0.25) is 0 Å². The highest BCUT2D eigenvalue weighted by atomic mass is 16.1. The Morgan fingerprint density at radius 3 is 2.79 bits per heavy atom. The number of nitrogens with zero attached hydrogens (tertiary/aromatic N) is 2. The van der Waals surface area contributed by atoms with E-state index in [1.165, 1.54) is 6.20 Å². The topological polar surface area (TPSA) is 65.8 Å². The molecule has 2 aromatic rings. The molecule has 94 valence electrons. The van der Waals surface area contributed by atoms with Crippen LogP contribution in [0.4, 0.5) is 5.69 Å². The van der Waals surface area contributed by atoms with E-state index in [1.54, 1.807) is 24.4 Å². The predicted molar refractivity (Wildman–Crippen MR) is 72.8 cm³/mol. The van der Waals surface area contributed by atoms with Gasteiger partial charge in [-0.25, -0.2) is 0 Å². The normalized spacial score (nSPS) is 9.74. The minimum Gasteiger partial charge on any atom is -0.321 e. The fourth-order valence-corrected chi connectivity index (χ4v) is 1.79. The van der Waals surface area contributed by atoms with Crippen molar-refractivity contribution in [2.45, 2.75) is 13.8 Å². The van der Waals surface area contributed by atoms with Gasteiger partial charge >= 0.3 is 0 Å². The summed E-state index contributed by atoms with van der Waals surface area (Å²) in [4.78, 5) is 16.1. The summed E-state index contributed by atoms with van der Waals surface area (Å²) in [6.07, 6.45) is 3.19. The molecule has 0 radical (unpaired) electrons. The van der Waals surface area contributed by atoms with E-state index < -0.39 is 0 Å². The highest BCUT2D eigenvalue weighted by Gasteiger charge is 2.10. The second-order valence-corrected chi connectivity index (χ2v) is 4.31. The van der Waals surface area contributed by atoms with Crippen LogP contribution in [0.1, 0.15) is 27.0 Å². The average Bonchev–Trinajstić information content (AvgIpc) is 2.39. The largest absolute Gasteiger partial charge is 0.321 e. The van der Waals surface area contributed by atoms with E-state index in [1.807, 2.05) is 19.9 Å². The first-order valence-electron chi connectivity index (χ1n) is 5.84. The van der Waals surface area contributed by atoms with Gasteiger partial charge in [-0.2, -0.15) is 5.26 Å². The number of nitriles is 1. The summed E-state index contributed by atoms with van der Waals surface area (Å²) in [5, 5.41) is 11.9. The van der Waals surface area contributed by atoms with Crippen molar-refractivity contribution >= 4 is 11.6 Å². The lowest BCUT2D eigenvalue weighted by Gasteiger charge is -2.08. The molecule has 0 unspecified atom stereocenters. The Kier molecular flexibility index (Phi) is 3.58. The maximum absolute atomic E-state index is 12.1. The van der Waals surface area contributed by atoms with Crippen LogP contribution in [-0.4, -0.2) is 10.9 Å². The van der Waals surface area contributed by atoms with Crippen molar-refractivity contribution in [3.05, 3.63) is 58.9 Å². The van der Waals surface area contributed by atoms with Crippen molar-refractivity contribution in [2.75, 3.05) is 5.32 Å². The summed E-state index contributed by atoms with van der Waals surface area (Å²) in [5.41, 5.74) is 3.23. The van der Waals surface area contributed by atoms with Gasteiger partial charge in [0.1, 0.15) is 6.07 Å². The Bertz CT molecular complexity index is 671. The van der Waals surface area contributed by atoms with Crippen LogP contribution in [0.25, 0.3) is 0 Å². The van der Waals surface area contributed by atoms with E-state index in [-0.39, 0.29) is 5.91 Å². The van der Waals surface area contributed by atoms with Crippen LogP contribution < -0.4 is 5.32 Å². The van der Waals surface area contributed by atoms with Crippen molar-refractivity contribution in [2.24, 2.45) is 0 Å². The lowest BCUT2D eigenvalue weighted by molar-refractivity contribution is 0.102. The number of pyridine rings is 1. The van der Waals surface area contributed by atoms with Gasteiger partial charge in [-0.3, -0.25) is 9.78 Å². The third kappa shape index (κ3) is 2.78. The number of carbonyl (C=O) groups is 1. The zero-order chi connectivity index (χ0) is 13.8. The second kappa shape index (κ2) is 5.32. The van der Waals surface area contributed by atoms with Crippen LogP contribution in [0.3, 0.4) is 0 Å². The summed E-state index contributed by atoms with van der Waals surface area (Å²) >= 11 is 0. The fourth-order valence-electron chi connectivity index (χ4n) is 1.79. The number of anilines is 1. The molecule has 0 saturated heterocycles. The first-order chi connectivity index (χ1) is 9.11. The minimum atomic E-state index is -0.265. The molecule has 1 aromatic carbocycles. The quantitative estimate of drug-likeness (QED) is 0.892. The van der Waals surface area contributed by atoms with Crippen LogP contribution in [0.5, 0.6) is 0 Å². The lowest BCUT2D eigenvalue weighted by Crippen LogP contribution is -2.13. The van der Waals surface area contributed by atoms with Crippen molar-refractivity contribution in [1.29, 1.82) is 5.26 Å². The Hall–Kier alpha value is -2.67. The number of hydrogen-bond donors (Lipinski definition) is 1. The highest BCUT2D eigenvalue weighted by molar-refractivity contribution is 6.04. The summed E-state index contributed by atoms with van der Waals surface area (Å²) in [6.45, 7) is 3.71. The zero-order valence-electron chi connectivity index (χ0n) is 10.8. The third-order valence-electron chi connectivity index (χ3n) is 2.77. The number of aromatic nitrogens is 1. The summed E-state index contributed by atoms with van der Waals surface area (Å²) in [5.74, 6) is -0.265. The fraction of sp³-hybridized carbons (Fsp3) is 0.133. The van der Waals surface area contributed by atoms with Crippen LogP contribution in [0, 0.1) is 25.2 Å². The predicted octanol–water partition coefficient (Wildman–Crippen LogP) is 2.82. The molecule has 1 aromatic heterocycles. The van der Waals surface area contributed by atoms with Crippen molar-refractivity contribution in [3.63, 3.8) is 0 Å². The molecule has 1 heterocycles. The molecular weight excluding hydrogens is 238 g/mol. The van der Waals surface area contributed by atoms with E-state index in [0.29, 0.717) is 16.8 Å². The van der Waals surface area contributed by atoms with Gasteiger partial charge in [-0.05, 0) is 37.1 Å². The first kappa shape index (κ1) is 12.8. The number of nitrogens with one attached hydrogen (secondary N) is 1. The molecule has 0 atom stereocenters. The van der Waals surface area contributed by atoms with Crippen molar-refractivity contribution in [1.82, 2.24) is 4.98 Å². The minimum absolute atomic E-state index is 0.265. The number of benzene rings is 1. The van der Waals surface area contributed by atoms with Gasteiger partial charge in [0.05, 0.1) is 16.8 Å². The highest BCUT2D eigenvalue weighted by Crippen LogP contribution is 2.19. The number of aryl methyl sites for hydroxylation is 2. The van der Waals surface area contributed by atoms with E-state index in [4.69, 9.17) is 5.26 Å². The number of hydrogen-bond acceptors (Lipinski definition) is 3. The van der Waals surface area contributed by atoms with Crippen molar-refractivity contribution < 1.29 is 4.79 Å². The SMILES string of the molecule is Cc1cncc(C(=O)Nc2cccc(C)c2C#N)c1. The van der Waals surface area contributed by atoms with E-state index in [0.717, 1.165) is 11.1 Å². The second-order valence-electron chi connectivity index (χ2n) is 4.31. The molecule has 0 aliphatic rings. The monoisotopic (exact) mass is 251 g/mol. The average molecular weight is 251 g/mol. The standard InChI is InChI=1S/C15H13N3O/c1-10-6-12(9-17-8-10)15(19)18-14-5-3-4-11(2)13(14)7-16/h3-6,8-9H,1-2H3,(H,18,19). The Morgan fingerprint density at radius 2 is 2.11 bits per heavy atom. The molecule has 19 heavy (non-hydrogen) atoms. The molecule has 0 aliphatic heterocycles. The summed E-state index contributed by atoms with van der Waals surface area (Å²) < 4.78 is 0. The zero-order valence-corrected chi connectivity index (χ0v) is 10.8. The first-order valence-corrected chi connectivity index (χ1v) is 5.84. The Labute approximate surface area is 111 Å². The van der Waals surface area contributed by atoms with E-state index in [9.17, 15) is 4.79 Å². The van der Waals surface area contributed by atoms with Gasteiger partial charge in [0, 0.05) is 12.4 Å². The van der Waals surface area contributed by atoms with Crippen LogP contribution in [0.2, 0.25) is 0 Å².